The van der Waals surface area contributed by atoms with Gasteiger partial charge in [0, 0.05) is 33.6 Å². The second-order valence-electron chi connectivity index (χ2n) is 6.41. The van der Waals surface area contributed by atoms with Crippen LogP contribution in [-0.4, -0.2) is 62.9 Å². The van der Waals surface area contributed by atoms with Crippen LogP contribution in [0, 0.1) is 0 Å². The molecule has 2 aromatic rings. The fourth-order valence-electron chi connectivity index (χ4n) is 3.24. The number of hydrogen-bond donors (Lipinski definition) is 0. The van der Waals surface area contributed by atoms with Crippen molar-refractivity contribution in [2.75, 3.05) is 26.7 Å². The molecule has 0 bridgehead atoms. The Hall–Kier alpha value is -2.00. The average Bonchev–Trinajstić information content (AvgIpc) is 3.27. The van der Waals surface area contributed by atoms with Gasteiger partial charge in [0.15, 0.2) is 10.2 Å². The number of nitrogens with zero attached hydrogens (tertiary/aromatic N) is 5. The Morgan fingerprint density at radius 3 is 2.92 bits per heavy atom. The fraction of sp³-hybridized carbons (Fsp3) is 0.533. The second-order valence-corrected chi connectivity index (χ2v) is 7.39. The van der Waals surface area contributed by atoms with E-state index in [4.69, 9.17) is 9.15 Å². The minimum Gasteiger partial charge on any atom is -0.453 e. The fourth-order valence-corrected chi connectivity index (χ4v) is 3.98. The number of amides is 1. The molecule has 9 heteroatoms. The summed E-state index contributed by atoms with van der Waals surface area (Å²) in [5, 5.41) is 9.48. The topological polar surface area (TPSA) is 76.6 Å². The van der Waals surface area contributed by atoms with Crippen LogP contribution in [0.15, 0.2) is 33.1 Å². The molecule has 2 aromatic heterocycles. The molecule has 1 spiro atoms. The number of hydrogen-bond acceptors (Lipinski definition) is 7. The molecular formula is C15H19N5O3S. The van der Waals surface area contributed by atoms with Crippen LogP contribution in [0.4, 0.5) is 4.79 Å². The van der Waals surface area contributed by atoms with Crippen molar-refractivity contribution in [1.82, 2.24) is 24.6 Å². The van der Waals surface area contributed by atoms with Crippen LogP contribution >= 0.6 is 11.8 Å². The molecule has 1 atom stereocenters. The minimum absolute atomic E-state index is 0.225. The molecule has 4 heterocycles. The van der Waals surface area contributed by atoms with E-state index >= 15 is 0 Å². The number of aryl methyl sites for hydroxylation is 1. The smallest absolute Gasteiger partial charge is 0.410 e. The highest BCUT2D eigenvalue weighted by molar-refractivity contribution is 7.99. The molecule has 2 aliphatic rings. The lowest BCUT2D eigenvalue weighted by molar-refractivity contribution is 0.0620. The monoisotopic (exact) mass is 349 g/mol. The van der Waals surface area contributed by atoms with Crippen LogP contribution in [0.3, 0.4) is 0 Å². The van der Waals surface area contributed by atoms with E-state index in [9.17, 15) is 4.79 Å². The van der Waals surface area contributed by atoms with E-state index in [2.05, 4.69) is 15.1 Å². The third kappa shape index (κ3) is 2.89. The van der Waals surface area contributed by atoms with Crippen LogP contribution in [0.5, 0.6) is 0 Å². The number of likely N-dealkylation sites (N-methyl/N-ethyl adjacent to an activating group) is 1. The molecule has 1 unspecified atom stereocenters. The van der Waals surface area contributed by atoms with Crippen LogP contribution in [0.2, 0.25) is 0 Å². The maximum absolute atomic E-state index is 11.6. The summed E-state index contributed by atoms with van der Waals surface area (Å²) < 4.78 is 13.3. The molecule has 0 saturated carbocycles. The van der Waals surface area contributed by atoms with Gasteiger partial charge >= 0.3 is 6.09 Å². The normalized spacial score (nSPS) is 24.2. The Labute approximate surface area is 143 Å². The molecule has 8 nitrogen and oxygen atoms in total. The van der Waals surface area contributed by atoms with Crippen LogP contribution in [-0.2, 0) is 18.3 Å². The first-order chi connectivity index (χ1) is 11.5. The molecule has 24 heavy (non-hydrogen) atoms. The standard InChI is InChI=1S/C15H19N5O3S/c1-18-8-15(23-14(18)21)5-6-20(9-15)7-11-3-4-12(22-11)24-13-17-16-10-19(13)2/h3-4,10H,5-9H2,1-2H3. The SMILES string of the molecule is CN1CC2(CCN(Cc3ccc(Sc4nncn4C)o3)C2)OC1=O. The molecule has 2 aliphatic heterocycles. The lowest BCUT2D eigenvalue weighted by atomic mass is 10.0. The maximum atomic E-state index is 11.6. The van der Waals surface area contributed by atoms with Crippen molar-refractivity contribution in [1.29, 1.82) is 0 Å². The molecule has 2 fully saturated rings. The van der Waals surface area contributed by atoms with Gasteiger partial charge in [0.2, 0.25) is 0 Å². The van der Waals surface area contributed by atoms with Gasteiger partial charge in [-0.25, -0.2) is 4.79 Å². The van der Waals surface area contributed by atoms with Crippen molar-refractivity contribution in [3.05, 3.63) is 24.2 Å². The van der Waals surface area contributed by atoms with Gasteiger partial charge in [-0.15, -0.1) is 10.2 Å². The molecule has 0 N–H and O–H groups in total. The molecule has 0 aliphatic carbocycles. The first-order valence-electron chi connectivity index (χ1n) is 7.80. The summed E-state index contributed by atoms with van der Waals surface area (Å²) in [6.07, 6.45) is 2.30. The second kappa shape index (κ2) is 5.82. The van der Waals surface area contributed by atoms with E-state index in [1.54, 1.807) is 18.3 Å². The summed E-state index contributed by atoms with van der Waals surface area (Å²) in [6.45, 7) is 3.01. The van der Waals surface area contributed by atoms with Crippen molar-refractivity contribution < 1.29 is 13.9 Å². The van der Waals surface area contributed by atoms with Gasteiger partial charge in [-0.2, -0.15) is 0 Å². The van der Waals surface area contributed by atoms with Crippen molar-refractivity contribution in [2.45, 2.75) is 28.8 Å². The average molecular weight is 349 g/mol. The zero-order chi connectivity index (χ0) is 16.7. The Morgan fingerprint density at radius 2 is 2.21 bits per heavy atom. The molecule has 0 radical (unpaired) electrons. The molecule has 4 rings (SSSR count). The zero-order valence-electron chi connectivity index (χ0n) is 13.6. The highest BCUT2D eigenvalue weighted by atomic mass is 32.2. The van der Waals surface area contributed by atoms with E-state index in [1.165, 1.54) is 11.8 Å². The number of aromatic nitrogens is 3. The minimum atomic E-state index is -0.353. The van der Waals surface area contributed by atoms with Gasteiger partial charge in [-0.05, 0) is 23.9 Å². The van der Waals surface area contributed by atoms with E-state index < -0.39 is 0 Å². The number of furan rings is 1. The summed E-state index contributed by atoms with van der Waals surface area (Å²) in [5.74, 6) is 0.898. The van der Waals surface area contributed by atoms with Crippen molar-refractivity contribution >= 4 is 17.9 Å². The van der Waals surface area contributed by atoms with Gasteiger partial charge in [-0.1, -0.05) is 0 Å². The number of ether oxygens (including phenoxy) is 1. The summed E-state index contributed by atoms with van der Waals surface area (Å²) in [6, 6.07) is 3.93. The predicted octanol–water partition coefficient (Wildman–Crippen LogP) is 1.59. The van der Waals surface area contributed by atoms with Gasteiger partial charge in [-0.3, -0.25) is 4.90 Å². The molecule has 0 aromatic carbocycles. The van der Waals surface area contributed by atoms with Crippen molar-refractivity contribution in [2.24, 2.45) is 7.05 Å². The van der Waals surface area contributed by atoms with E-state index in [1.807, 2.05) is 23.7 Å². The number of carbonyl (C=O) groups is 1. The van der Waals surface area contributed by atoms with Gasteiger partial charge < -0.3 is 18.6 Å². The lowest BCUT2D eigenvalue weighted by Gasteiger charge is -2.21. The summed E-state index contributed by atoms with van der Waals surface area (Å²) >= 11 is 1.45. The maximum Gasteiger partial charge on any atom is 0.410 e. The van der Waals surface area contributed by atoms with Crippen LogP contribution < -0.4 is 0 Å². The third-order valence-corrected chi connectivity index (χ3v) is 5.39. The summed E-state index contributed by atoms with van der Waals surface area (Å²) in [5.41, 5.74) is -0.353. The Balaban J connectivity index is 1.37. The van der Waals surface area contributed by atoms with Gasteiger partial charge in [0.05, 0.1) is 13.1 Å². The number of carbonyl (C=O) groups excluding carboxylic acids is 1. The van der Waals surface area contributed by atoms with Crippen molar-refractivity contribution in [3.8, 4) is 0 Å². The highest BCUT2D eigenvalue weighted by Crippen LogP contribution is 2.33. The largest absolute Gasteiger partial charge is 0.453 e. The van der Waals surface area contributed by atoms with E-state index in [0.717, 1.165) is 35.5 Å². The Bertz CT molecular complexity index is 760. The lowest BCUT2D eigenvalue weighted by Crippen LogP contribution is -2.36. The number of likely N-dealkylation sites (tertiary alicyclic amines) is 1. The van der Waals surface area contributed by atoms with Crippen molar-refractivity contribution in [3.63, 3.8) is 0 Å². The Morgan fingerprint density at radius 1 is 1.33 bits per heavy atom. The molecule has 2 saturated heterocycles. The molecule has 1 amide bonds. The van der Waals surface area contributed by atoms with Gasteiger partial charge in [0.25, 0.3) is 0 Å². The summed E-state index contributed by atoms with van der Waals surface area (Å²) in [7, 11) is 3.68. The van der Waals surface area contributed by atoms with E-state index in [0.29, 0.717) is 13.1 Å². The first kappa shape index (κ1) is 15.5. The predicted molar refractivity (Wildman–Crippen MR) is 85.6 cm³/mol. The Kier molecular flexibility index (Phi) is 3.76. The zero-order valence-corrected chi connectivity index (χ0v) is 14.5. The molecular weight excluding hydrogens is 330 g/mol. The summed E-state index contributed by atoms with van der Waals surface area (Å²) in [4.78, 5) is 15.5. The quantitative estimate of drug-likeness (QED) is 0.829. The third-order valence-electron chi connectivity index (χ3n) is 4.41. The van der Waals surface area contributed by atoms with Gasteiger partial charge in [0.1, 0.15) is 17.7 Å². The molecule has 128 valence electrons. The first-order valence-corrected chi connectivity index (χ1v) is 8.62. The number of rotatable bonds is 4. The van der Waals surface area contributed by atoms with Crippen LogP contribution in [0.25, 0.3) is 0 Å². The van der Waals surface area contributed by atoms with E-state index in [-0.39, 0.29) is 11.7 Å². The van der Waals surface area contributed by atoms with Crippen LogP contribution in [0.1, 0.15) is 12.2 Å². The highest BCUT2D eigenvalue weighted by Gasteiger charge is 2.48.